The van der Waals surface area contributed by atoms with Crippen molar-refractivity contribution in [2.45, 2.75) is 6.92 Å². The second-order valence-corrected chi connectivity index (χ2v) is 3.54. The van der Waals surface area contributed by atoms with Gasteiger partial charge in [0, 0.05) is 11.8 Å². The highest BCUT2D eigenvalue weighted by Crippen LogP contribution is 2.25. The molecule has 0 radical (unpaired) electrons. The summed E-state index contributed by atoms with van der Waals surface area (Å²) in [6.45, 7) is 1.88. The van der Waals surface area contributed by atoms with Crippen LogP contribution in [0.5, 0.6) is 11.6 Å². The minimum absolute atomic E-state index is 0.353. The number of ether oxygens (including phenoxy) is 1. The minimum atomic E-state index is 0.353. The number of rotatable bonds is 2. The number of aromatic nitrogens is 2. The maximum atomic E-state index is 8.95. The van der Waals surface area contributed by atoms with Crippen LogP contribution in [-0.4, -0.2) is 10.2 Å². The number of nitrogens with zero attached hydrogens (tertiary/aromatic N) is 3. The minimum Gasteiger partial charge on any atom is -0.436 e. The topological polar surface area (TPSA) is 84.8 Å². The highest BCUT2D eigenvalue weighted by Gasteiger charge is 2.06. The second-order valence-electron chi connectivity index (χ2n) is 3.54. The number of hydrogen-bond acceptors (Lipinski definition) is 5. The maximum Gasteiger partial charge on any atom is 0.239 e. The van der Waals surface area contributed by atoms with Gasteiger partial charge in [-0.15, -0.1) is 5.10 Å². The summed E-state index contributed by atoms with van der Waals surface area (Å²) < 4.78 is 5.48. The highest BCUT2D eigenvalue weighted by atomic mass is 16.5. The molecular formula is C12H10N4O. The number of nitrogen functional groups attached to an aromatic ring is 1. The van der Waals surface area contributed by atoms with Crippen molar-refractivity contribution in [3.8, 4) is 17.7 Å². The monoisotopic (exact) mass is 226 g/mol. The molecule has 2 N–H and O–H groups in total. The van der Waals surface area contributed by atoms with E-state index in [2.05, 4.69) is 10.2 Å². The van der Waals surface area contributed by atoms with Crippen molar-refractivity contribution in [1.29, 1.82) is 5.26 Å². The Morgan fingerprint density at radius 3 is 2.88 bits per heavy atom. The quantitative estimate of drug-likeness (QED) is 0.792. The third-order valence-corrected chi connectivity index (χ3v) is 2.11. The van der Waals surface area contributed by atoms with E-state index in [1.165, 1.54) is 0 Å². The first-order valence-electron chi connectivity index (χ1n) is 4.96. The molecule has 2 aromatic rings. The van der Waals surface area contributed by atoms with E-state index in [9.17, 15) is 0 Å². The zero-order chi connectivity index (χ0) is 12.3. The van der Waals surface area contributed by atoms with Crippen LogP contribution in [0.15, 0.2) is 30.5 Å². The van der Waals surface area contributed by atoms with E-state index < -0.39 is 0 Å². The van der Waals surface area contributed by atoms with Crippen LogP contribution in [0.4, 0.5) is 5.69 Å². The highest BCUT2D eigenvalue weighted by molar-refractivity contribution is 5.53. The SMILES string of the molecule is Cc1cnnc(Oc2ccc(N)cc2C#N)c1. The molecular weight excluding hydrogens is 216 g/mol. The zero-order valence-electron chi connectivity index (χ0n) is 9.21. The fraction of sp³-hybridized carbons (Fsp3) is 0.0833. The van der Waals surface area contributed by atoms with Crippen molar-refractivity contribution in [1.82, 2.24) is 10.2 Å². The Hall–Kier alpha value is -2.61. The van der Waals surface area contributed by atoms with Crippen LogP contribution in [0.1, 0.15) is 11.1 Å². The lowest BCUT2D eigenvalue weighted by Gasteiger charge is -2.06. The fourth-order valence-corrected chi connectivity index (χ4v) is 1.32. The Kier molecular flexibility index (Phi) is 2.88. The Morgan fingerprint density at radius 1 is 1.35 bits per heavy atom. The standard InChI is InChI=1S/C12H10N4O/c1-8-4-12(16-15-7-8)17-11-3-2-10(14)5-9(11)6-13/h2-5,7H,14H2,1H3. The molecule has 5 nitrogen and oxygen atoms in total. The average Bonchev–Trinajstić information content (AvgIpc) is 2.31. The molecule has 0 saturated heterocycles. The molecule has 84 valence electrons. The number of nitrogens with two attached hydrogens (primary N) is 1. The summed E-state index contributed by atoms with van der Waals surface area (Å²) in [6.07, 6.45) is 1.63. The number of nitriles is 1. The maximum absolute atomic E-state index is 8.95. The van der Waals surface area contributed by atoms with Gasteiger partial charge >= 0.3 is 0 Å². The first-order valence-corrected chi connectivity index (χ1v) is 4.96. The lowest BCUT2D eigenvalue weighted by molar-refractivity contribution is 0.453. The van der Waals surface area contributed by atoms with Gasteiger partial charge in [-0.05, 0) is 30.7 Å². The summed E-state index contributed by atoms with van der Waals surface area (Å²) in [7, 11) is 0. The van der Waals surface area contributed by atoms with E-state index in [1.807, 2.05) is 13.0 Å². The number of anilines is 1. The molecule has 0 unspecified atom stereocenters. The van der Waals surface area contributed by atoms with Crippen LogP contribution in [0.25, 0.3) is 0 Å². The van der Waals surface area contributed by atoms with Gasteiger partial charge in [0.2, 0.25) is 5.88 Å². The van der Waals surface area contributed by atoms with Crippen LogP contribution in [0.3, 0.4) is 0 Å². The molecule has 0 aliphatic carbocycles. The predicted octanol–water partition coefficient (Wildman–Crippen LogP) is 2.03. The van der Waals surface area contributed by atoms with Crippen LogP contribution in [0.2, 0.25) is 0 Å². The van der Waals surface area contributed by atoms with Crippen molar-refractivity contribution in [3.05, 3.63) is 41.6 Å². The van der Waals surface area contributed by atoms with Gasteiger partial charge in [0.05, 0.1) is 11.8 Å². The Morgan fingerprint density at radius 2 is 2.18 bits per heavy atom. The van der Waals surface area contributed by atoms with E-state index in [-0.39, 0.29) is 0 Å². The normalized spacial score (nSPS) is 9.65. The summed E-state index contributed by atoms with van der Waals surface area (Å²) in [4.78, 5) is 0. The molecule has 0 fully saturated rings. The largest absolute Gasteiger partial charge is 0.436 e. The van der Waals surface area contributed by atoms with Gasteiger partial charge in [-0.2, -0.15) is 10.4 Å². The van der Waals surface area contributed by atoms with Gasteiger partial charge in [-0.25, -0.2) is 0 Å². The van der Waals surface area contributed by atoms with Crippen molar-refractivity contribution in [3.63, 3.8) is 0 Å². The first kappa shape index (κ1) is 10.9. The van der Waals surface area contributed by atoms with Gasteiger partial charge in [0.1, 0.15) is 11.8 Å². The molecule has 1 aromatic heterocycles. The Labute approximate surface area is 98.5 Å². The molecule has 1 aromatic carbocycles. The van der Waals surface area contributed by atoms with Gasteiger partial charge in [0.15, 0.2) is 0 Å². The third kappa shape index (κ3) is 2.49. The summed E-state index contributed by atoms with van der Waals surface area (Å²) in [5.74, 6) is 0.771. The molecule has 17 heavy (non-hydrogen) atoms. The molecule has 0 atom stereocenters. The lowest BCUT2D eigenvalue weighted by atomic mass is 10.2. The Bertz CT molecular complexity index is 589. The molecule has 1 heterocycles. The van der Waals surface area contributed by atoms with Gasteiger partial charge in [-0.1, -0.05) is 0 Å². The lowest BCUT2D eigenvalue weighted by Crippen LogP contribution is -1.94. The summed E-state index contributed by atoms with van der Waals surface area (Å²) in [5, 5.41) is 16.5. The third-order valence-electron chi connectivity index (χ3n) is 2.11. The molecule has 0 aliphatic rings. The average molecular weight is 226 g/mol. The number of aryl methyl sites for hydroxylation is 1. The zero-order valence-corrected chi connectivity index (χ0v) is 9.21. The fourth-order valence-electron chi connectivity index (χ4n) is 1.32. The molecule has 0 aliphatic heterocycles. The summed E-state index contributed by atoms with van der Waals surface area (Å²) >= 11 is 0. The Balaban J connectivity index is 2.34. The van der Waals surface area contributed by atoms with Crippen LogP contribution in [0, 0.1) is 18.3 Å². The van der Waals surface area contributed by atoms with Crippen molar-refractivity contribution < 1.29 is 4.74 Å². The van der Waals surface area contributed by atoms with Gasteiger partial charge in [0.25, 0.3) is 0 Å². The number of hydrogen-bond donors (Lipinski definition) is 1. The van der Waals surface area contributed by atoms with E-state index in [0.29, 0.717) is 22.9 Å². The molecule has 0 spiro atoms. The summed E-state index contributed by atoms with van der Waals surface area (Å²) in [6, 6.07) is 8.62. The molecule has 2 rings (SSSR count). The predicted molar refractivity (Wildman–Crippen MR) is 62.4 cm³/mol. The van der Waals surface area contributed by atoms with Gasteiger partial charge in [-0.3, -0.25) is 0 Å². The summed E-state index contributed by atoms with van der Waals surface area (Å²) in [5.41, 5.74) is 7.41. The van der Waals surface area contributed by atoms with Crippen LogP contribution < -0.4 is 10.5 Å². The van der Waals surface area contributed by atoms with E-state index >= 15 is 0 Å². The van der Waals surface area contributed by atoms with E-state index in [0.717, 1.165) is 5.56 Å². The van der Waals surface area contributed by atoms with Crippen molar-refractivity contribution in [2.24, 2.45) is 0 Å². The molecule has 0 bridgehead atoms. The molecule has 0 amide bonds. The van der Waals surface area contributed by atoms with Crippen molar-refractivity contribution >= 4 is 5.69 Å². The smallest absolute Gasteiger partial charge is 0.239 e. The molecule has 0 saturated carbocycles. The van der Waals surface area contributed by atoms with Crippen LogP contribution >= 0.6 is 0 Å². The van der Waals surface area contributed by atoms with E-state index in [4.69, 9.17) is 15.7 Å². The first-order chi connectivity index (χ1) is 8.19. The van der Waals surface area contributed by atoms with Gasteiger partial charge < -0.3 is 10.5 Å². The molecule has 5 heteroatoms. The van der Waals surface area contributed by atoms with Crippen LogP contribution in [-0.2, 0) is 0 Å². The number of benzene rings is 1. The van der Waals surface area contributed by atoms with Crippen molar-refractivity contribution in [2.75, 3.05) is 5.73 Å². The second kappa shape index (κ2) is 4.49. The van der Waals surface area contributed by atoms with E-state index in [1.54, 1.807) is 30.5 Å².